The first kappa shape index (κ1) is 23.5. The first-order valence-electron chi connectivity index (χ1n) is 11.0. The van der Waals surface area contributed by atoms with Gasteiger partial charge in [0.15, 0.2) is 0 Å². The number of hydrogen-bond donors (Lipinski definition) is 1. The van der Waals surface area contributed by atoms with E-state index in [0.717, 1.165) is 24.8 Å². The summed E-state index contributed by atoms with van der Waals surface area (Å²) in [6.07, 6.45) is 4.31. The molecule has 31 heavy (non-hydrogen) atoms. The highest BCUT2D eigenvalue weighted by molar-refractivity contribution is 5.91. The maximum absolute atomic E-state index is 11.9. The molecule has 1 N–H and O–H groups in total. The van der Waals surface area contributed by atoms with Crippen molar-refractivity contribution < 1.29 is 33.7 Å². The molecule has 7 heteroatoms. The van der Waals surface area contributed by atoms with Gasteiger partial charge < -0.3 is 19.3 Å². The smallest absolute Gasteiger partial charge is 0.336 e. The molecule has 3 aliphatic rings. The summed E-state index contributed by atoms with van der Waals surface area (Å²) < 4.78 is 16.1. The van der Waals surface area contributed by atoms with Crippen molar-refractivity contribution in [2.75, 3.05) is 13.2 Å². The Bertz CT molecular complexity index is 800. The van der Waals surface area contributed by atoms with Crippen LogP contribution in [0.1, 0.15) is 59.8 Å². The lowest BCUT2D eigenvalue weighted by Gasteiger charge is -2.60. The van der Waals surface area contributed by atoms with E-state index in [0.29, 0.717) is 18.4 Å². The Kier molecular flexibility index (Phi) is 6.65. The maximum atomic E-state index is 11.9. The second-order valence-corrected chi connectivity index (χ2v) is 9.74. The van der Waals surface area contributed by atoms with Crippen LogP contribution < -0.4 is 0 Å². The van der Waals surface area contributed by atoms with Gasteiger partial charge in [-0.25, -0.2) is 4.79 Å². The molecule has 172 valence electrons. The maximum Gasteiger partial charge on any atom is 0.336 e. The number of ether oxygens (including phenoxy) is 3. The summed E-state index contributed by atoms with van der Waals surface area (Å²) >= 11 is 0. The lowest BCUT2D eigenvalue weighted by atomic mass is 9.46. The van der Waals surface area contributed by atoms with E-state index in [1.807, 2.05) is 6.92 Å². The molecule has 1 aliphatic heterocycles. The van der Waals surface area contributed by atoms with Crippen molar-refractivity contribution in [3.05, 3.63) is 23.8 Å². The molecule has 2 aliphatic carbocycles. The standard InChI is InChI=1S/C24H34O7/c1-14-6-9-20-23(4,18(14)8-7-17-19(27)12-29-22(17)28)11-10-21(31-16(3)26)24(20,5)13-30-15(2)25/h7,18-21,27H,1,6,8-13H2,2-5H3/b17-7+/t18-,19-,20+,21-,23+,24+/m1/s1. The van der Waals surface area contributed by atoms with Gasteiger partial charge in [0.05, 0.1) is 5.57 Å². The van der Waals surface area contributed by atoms with Crippen molar-refractivity contribution in [1.29, 1.82) is 0 Å². The van der Waals surface area contributed by atoms with E-state index in [1.54, 1.807) is 6.08 Å². The van der Waals surface area contributed by atoms with Gasteiger partial charge in [-0.15, -0.1) is 0 Å². The minimum Gasteiger partial charge on any atom is -0.465 e. The number of allylic oxidation sites excluding steroid dienone is 2. The number of aliphatic hydroxyl groups excluding tert-OH is 1. The van der Waals surface area contributed by atoms with E-state index >= 15 is 0 Å². The summed E-state index contributed by atoms with van der Waals surface area (Å²) in [4.78, 5) is 35.3. The van der Waals surface area contributed by atoms with Crippen LogP contribution in [-0.2, 0) is 28.6 Å². The highest BCUT2D eigenvalue weighted by Crippen LogP contribution is 2.62. The highest BCUT2D eigenvalue weighted by Gasteiger charge is 2.59. The van der Waals surface area contributed by atoms with E-state index in [2.05, 4.69) is 13.5 Å². The average Bonchev–Trinajstić information content (AvgIpc) is 3.00. The van der Waals surface area contributed by atoms with Crippen molar-refractivity contribution >= 4 is 17.9 Å². The largest absolute Gasteiger partial charge is 0.465 e. The van der Waals surface area contributed by atoms with Crippen LogP contribution in [0.2, 0.25) is 0 Å². The van der Waals surface area contributed by atoms with Crippen LogP contribution in [0.4, 0.5) is 0 Å². The Hall–Kier alpha value is -2.15. The van der Waals surface area contributed by atoms with Crippen LogP contribution in [0.15, 0.2) is 23.8 Å². The zero-order valence-electron chi connectivity index (χ0n) is 18.9. The molecule has 1 saturated heterocycles. The number of esters is 3. The molecule has 0 aromatic carbocycles. The van der Waals surface area contributed by atoms with E-state index < -0.39 is 17.5 Å². The zero-order chi connectivity index (χ0) is 23.0. The number of cyclic esters (lactones) is 1. The molecule has 1 heterocycles. The van der Waals surface area contributed by atoms with Crippen molar-refractivity contribution in [1.82, 2.24) is 0 Å². The van der Waals surface area contributed by atoms with Crippen molar-refractivity contribution in [2.45, 2.75) is 72.0 Å². The van der Waals surface area contributed by atoms with Gasteiger partial charge in [0.1, 0.15) is 25.4 Å². The fraction of sp³-hybridized carbons (Fsp3) is 0.708. The molecule has 7 nitrogen and oxygen atoms in total. The monoisotopic (exact) mass is 434 g/mol. The van der Waals surface area contributed by atoms with E-state index in [1.165, 1.54) is 13.8 Å². The summed E-state index contributed by atoms with van der Waals surface area (Å²) in [5, 5.41) is 10.0. The lowest BCUT2D eigenvalue weighted by Crippen LogP contribution is -2.58. The van der Waals surface area contributed by atoms with Gasteiger partial charge in [0.25, 0.3) is 0 Å². The summed E-state index contributed by atoms with van der Waals surface area (Å²) in [6, 6.07) is 0. The summed E-state index contributed by atoms with van der Waals surface area (Å²) in [7, 11) is 0. The van der Waals surface area contributed by atoms with Gasteiger partial charge in [0, 0.05) is 19.3 Å². The van der Waals surface area contributed by atoms with Crippen LogP contribution in [0, 0.1) is 22.7 Å². The van der Waals surface area contributed by atoms with Gasteiger partial charge in [-0.2, -0.15) is 0 Å². The number of carbonyl (C=O) groups is 3. The van der Waals surface area contributed by atoms with E-state index in [9.17, 15) is 19.5 Å². The van der Waals surface area contributed by atoms with Gasteiger partial charge in [0.2, 0.25) is 0 Å². The molecule has 0 radical (unpaired) electrons. The minimum absolute atomic E-state index is 0.000689. The molecule has 6 atom stereocenters. The van der Waals surface area contributed by atoms with Crippen LogP contribution in [0.3, 0.4) is 0 Å². The summed E-state index contributed by atoms with van der Waals surface area (Å²) in [5.74, 6) is -0.932. The lowest BCUT2D eigenvalue weighted by molar-refractivity contribution is -0.191. The Morgan fingerprint density at radius 3 is 2.55 bits per heavy atom. The Balaban J connectivity index is 1.92. The van der Waals surface area contributed by atoms with E-state index in [4.69, 9.17) is 14.2 Å². The predicted octanol–water partition coefficient (Wildman–Crippen LogP) is 3.10. The molecule has 0 spiro atoms. The number of fused-ring (bicyclic) bond motifs is 1. The third kappa shape index (κ3) is 4.43. The molecule has 3 fully saturated rings. The molecule has 2 saturated carbocycles. The Morgan fingerprint density at radius 2 is 1.97 bits per heavy atom. The number of carbonyl (C=O) groups excluding carboxylic acids is 3. The quantitative estimate of drug-likeness (QED) is 0.307. The second-order valence-electron chi connectivity index (χ2n) is 9.74. The first-order valence-corrected chi connectivity index (χ1v) is 11.0. The van der Waals surface area contributed by atoms with Gasteiger partial charge in [-0.1, -0.05) is 32.1 Å². The highest BCUT2D eigenvalue weighted by atomic mass is 16.6. The predicted molar refractivity (Wildman–Crippen MR) is 113 cm³/mol. The average molecular weight is 435 g/mol. The third-order valence-corrected chi connectivity index (χ3v) is 7.75. The third-order valence-electron chi connectivity index (χ3n) is 7.75. The Morgan fingerprint density at radius 1 is 1.26 bits per heavy atom. The molecule has 0 aromatic heterocycles. The Labute approximate surface area is 183 Å². The van der Waals surface area contributed by atoms with Crippen molar-refractivity contribution in [2.24, 2.45) is 22.7 Å². The van der Waals surface area contributed by atoms with Crippen molar-refractivity contribution in [3.8, 4) is 0 Å². The van der Waals surface area contributed by atoms with Crippen LogP contribution in [-0.4, -0.2) is 48.4 Å². The molecular formula is C24H34O7. The van der Waals surface area contributed by atoms with Crippen molar-refractivity contribution in [3.63, 3.8) is 0 Å². The van der Waals surface area contributed by atoms with E-state index in [-0.39, 0.29) is 48.5 Å². The molecule has 0 aromatic rings. The summed E-state index contributed by atoms with van der Waals surface area (Å²) in [6.45, 7) is 11.6. The molecule has 0 unspecified atom stereocenters. The van der Waals surface area contributed by atoms with Crippen LogP contribution in [0.25, 0.3) is 0 Å². The molecule has 0 bridgehead atoms. The first-order chi connectivity index (χ1) is 14.5. The number of rotatable bonds is 5. The topological polar surface area (TPSA) is 99.1 Å². The molecular weight excluding hydrogens is 400 g/mol. The SMILES string of the molecule is C=C1CC[C@@H]2[C@](C)(COC(C)=O)[C@H](OC(C)=O)CC[C@@]2(C)[C@@H]1C/C=C1/C(=O)OC[C@H]1O. The normalized spacial score (nSPS) is 39.1. The zero-order valence-corrected chi connectivity index (χ0v) is 18.9. The van der Waals surface area contributed by atoms with Crippen LogP contribution >= 0.6 is 0 Å². The van der Waals surface area contributed by atoms with Gasteiger partial charge in [-0.05, 0) is 49.4 Å². The van der Waals surface area contributed by atoms with Gasteiger partial charge in [-0.3, -0.25) is 9.59 Å². The van der Waals surface area contributed by atoms with Crippen LogP contribution in [0.5, 0.6) is 0 Å². The van der Waals surface area contributed by atoms with Gasteiger partial charge >= 0.3 is 17.9 Å². The fourth-order valence-electron chi connectivity index (χ4n) is 6.18. The minimum atomic E-state index is -0.887. The molecule has 0 amide bonds. The summed E-state index contributed by atoms with van der Waals surface area (Å²) in [5.41, 5.74) is 0.736. The number of aliphatic hydroxyl groups is 1. The number of hydrogen-bond acceptors (Lipinski definition) is 7. The molecule has 3 rings (SSSR count). The fourth-order valence-corrected chi connectivity index (χ4v) is 6.18. The second kappa shape index (κ2) is 8.77.